The topological polar surface area (TPSA) is 55.1 Å². The molecular weight excluding hydrogens is 236 g/mol. The monoisotopic (exact) mass is 252 g/mol. The number of benzene rings is 2. The molecule has 0 radical (unpaired) electrons. The van der Waals surface area contributed by atoms with Crippen LogP contribution in [0.3, 0.4) is 0 Å². The molecule has 2 aromatic rings. The molecule has 19 heavy (non-hydrogen) atoms. The molecule has 0 aliphatic rings. The van der Waals surface area contributed by atoms with Gasteiger partial charge in [-0.2, -0.15) is 0 Å². The van der Waals surface area contributed by atoms with Gasteiger partial charge in [-0.25, -0.2) is 0 Å². The second-order valence-corrected chi connectivity index (χ2v) is 4.30. The van der Waals surface area contributed by atoms with Crippen LogP contribution in [0.15, 0.2) is 54.6 Å². The molecule has 0 saturated heterocycles. The van der Waals surface area contributed by atoms with Gasteiger partial charge in [-0.3, -0.25) is 4.79 Å². The van der Waals surface area contributed by atoms with E-state index in [1.54, 1.807) is 30.3 Å². The van der Waals surface area contributed by atoms with Crippen molar-refractivity contribution in [3.63, 3.8) is 0 Å². The highest BCUT2D eigenvalue weighted by Gasteiger charge is 1.98. The SMILES string of the molecule is Cc1ccccc1C=CC(=O)Nc1cccc(N)c1. The van der Waals surface area contributed by atoms with Gasteiger partial charge in [0.05, 0.1) is 0 Å². The molecule has 0 atom stereocenters. The van der Waals surface area contributed by atoms with Crippen molar-refractivity contribution in [3.8, 4) is 0 Å². The summed E-state index contributed by atoms with van der Waals surface area (Å²) in [6.45, 7) is 2.01. The lowest BCUT2D eigenvalue weighted by atomic mass is 10.1. The first kappa shape index (κ1) is 12.9. The molecule has 0 heterocycles. The van der Waals surface area contributed by atoms with Crippen LogP contribution < -0.4 is 11.1 Å². The summed E-state index contributed by atoms with van der Waals surface area (Å²) in [6, 6.07) is 15.0. The molecule has 0 aliphatic carbocycles. The summed E-state index contributed by atoms with van der Waals surface area (Å²) in [6.07, 6.45) is 3.32. The number of hydrogen-bond donors (Lipinski definition) is 2. The zero-order valence-corrected chi connectivity index (χ0v) is 10.8. The zero-order valence-electron chi connectivity index (χ0n) is 10.8. The standard InChI is InChI=1S/C16H16N2O/c1-12-5-2-3-6-13(12)9-10-16(19)18-15-8-4-7-14(17)11-15/h2-11H,17H2,1H3,(H,18,19). The Morgan fingerprint density at radius 1 is 1.16 bits per heavy atom. The highest BCUT2D eigenvalue weighted by Crippen LogP contribution is 2.12. The van der Waals surface area contributed by atoms with Gasteiger partial charge in [0.1, 0.15) is 0 Å². The molecule has 2 aromatic carbocycles. The maximum atomic E-state index is 11.8. The smallest absolute Gasteiger partial charge is 0.248 e. The van der Waals surface area contributed by atoms with E-state index in [4.69, 9.17) is 5.73 Å². The summed E-state index contributed by atoms with van der Waals surface area (Å²) in [5.41, 5.74) is 9.14. The third-order valence-corrected chi connectivity index (χ3v) is 2.76. The first-order valence-corrected chi connectivity index (χ1v) is 6.05. The fourth-order valence-electron chi connectivity index (χ4n) is 1.74. The number of nitrogens with one attached hydrogen (secondary N) is 1. The zero-order chi connectivity index (χ0) is 13.7. The van der Waals surface area contributed by atoms with Gasteiger partial charge in [0.2, 0.25) is 5.91 Å². The van der Waals surface area contributed by atoms with Crippen LogP contribution in [-0.4, -0.2) is 5.91 Å². The molecule has 96 valence electrons. The molecule has 0 saturated carbocycles. The number of nitrogen functional groups attached to an aromatic ring is 1. The number of carbonyl (C=O) groups excluding carboxylic acids is 1. The van der Waals surface area contributed by atoms with Gasteiger partial charge in [0.15, 0.2) is 0 Å². The van der Waals surface area contributed by atoms with Gasteiger partial charge in [-0.1, -0.05) is 30.3 Å². The summed E-state index contributed by atoms with van der Waals surface area (Å²) in [4.78, 5) is 11.8. The van der Waals surface area contributed by atoms with Crippen molar-refractivity contribution < 1.29 is 4.79 Å². The van der Waals surface area contributed by atoms with E-state index >= 15 is 0 Å². The number of aryl methyl sites for hydroxylation is 1. The number of carbonyl (C=O) groups is 1. The molecule has 0 aliphatic heterocycles. The Kier molecular flexibility index (Phi) is 3.98. The second-order valence-electron chi connectivity index (χ2n) is 4.30. The Morgan fingerprint density at radius 2 is 1.95 bits per heavy atom. The van der Waals surface area contributed by atoms with Crippen molar-refractivity contribution in [1.82, 2.24) is 0 Å². The van der Waals surface area contributed by atoms with Crippen LogP contribution in [0.1, 0.15) is 11.1 Å². The fraction of sp³-hybridized carbons (Fsp3) is 0.0625. The van der Waals surface area contributed by atoms with Gasteiger partial charge in [-0.15, -0.1) is 0 Å². The molecule has 0 aromatic heterocycles. The van der Waals surface area contributed by atoms with E-state index in [1.807, 2.05) is 31.2 Å². The minimum Gasteiger partial charge on any atom is -0.399 e. The summed E-state index contributed by atoms with van der Waals surface area (Å²) in [7, 11) is 0. The molecule has 2 rings (SSSR count). The predicted molar refractivity (Wildman–Crippen MR) is 79.7 cm³/mol. The van der Waals surface area contributed by atoms with Gasteiger partial charge in [0.25, 0.3) is 0 Å². The van der Waals surface area contributed by atoms with Crippen LogP contribution in [0.2, 0.25) is 0 Å². The van der Waals surface area contributed by atoms with Crippen molar-refractivity contribution in [2.75, 3.05) is 11.1 Å². The minimum absolute atomic E-state index is 0.172. The molecule has 0 spiro atoms. The van der Waals surface area contributed by atoms with Gasteiger partial charge >= 0.3 is 0 Å². The molecule has 3 N–H and O–H groups in total. The van der Waals surface area contributed by atoms with Gasteiger partial charge in [-0.05, 0) is 42.3 Å². The number of hydrogen-bond acceptors (Lipinski definition) is 2. The fourth-order valence-corrected chi connectivity index (χ4v) is 1.74. The lowest BCUT2D eigenvalue weighted by Crippen LogP contribution is -2.07. The molecule has 1 amide bonds. The van der Waals surface area contributed by atoms with Crippen LogP contribution in [-0.2, 0) is 4.79 Å². The van der Waals surface area contributed by atoms with E-state index in [9.17, 15) is 4.79 Å². The normalized spacial score (nSPS) is 10.6. The largest absolute Gasteiger partial charge is 0.399 e. The Bertz CT molecular complexity index is 618. The highest BCUT2D eigenvalue weighted by molar-refractivity contribution is 6.02. The number of anilines is 2. The third kappa shape index (κ3) is 3.71. The molecule has 0 bridgehead atoms. The van der Waals surface area contributed by atoms with Gasteiger partial charge < -0.3 is 11.1 Å². The quantitative estimate of drug-likeness (QED) is 0.651. The second kappa shape index (κ2) is 5.87. The predicted octanol–water partition coefficient (Wildman–Crippen LogP) is 3.23. The molecule has 3 nitrogen and oxygen atoms in total. The van der Waals surface area contributed by atoms with E-state index < -0.39 is 0 Å². The first-order valence-electron chi connectivity index (χ1n) is 6.05. The van der Waals surface area contributed by atoms with Crippen molar-refractivity contribution >= 4 is 23.4 Å². The average Bonchev–Trinajstić information content (AvgIpc) is 2.38. The lowest BCUT2D eigenvalue weighted by molar-refractivity contribution is -0.111. The maximum Gasteiger partial charge on any atom is 0.248 e. The summed E-state index contributed by atoms with van der Waals surface area (Å²) < 4.78 is 0. The Hall–Kier alpha value is -2.55. The van der Waals surface area contributed by atoms with E-state index in [-0.39, 0.29) is 5.91 Å². The van der Waals surface area contributed by atoms with Crippen LogP contribution in [0.4, 0.5) is 11.4 Å². The van der Waals surface area contributed by atoms with Crippen LogP contribution >= 0.6 is 0 Å². The first-order chi connectivity index (χ1) is 9.15. The van der Waals surface area contributed by atoms with Crippen LogP contribution in [0.25, 0.3) is 6.08 Å². The summed E-state index contributed by atoms with van der Waals surface area (Å²) >= 11 is 0. The van der Waals surface area contributed by atoms with E-state index in [0.29, 0.717) is 11.4 Å². The Balaban J connectivity index is 2.04. The Morgan fingerprint density at radius 3 is 2.68 bits per heavy atom. The highest BCUT2D eigenvalue weighted by atomic mass is 16.1. The number of nitrogens with two attached hydrogens (primary N) is 1. The molecule has 0 fully saturated rings. The number of amides is 1. The average molecular weight is 252 g/mol. The van der Waals surface area contributed by atoms with E-state index in [2.05, 4.69) is 5.32 Å². The van der Waals surface area contributed by atoms with Crippen molar-refractivity contribution in [2.45, 2.75) is 6.92 Å². The van der Waals surface area contributed by atoms with Crippen molar-refractivity contribution in [1.29, 1.82) is 0 Å². The van der Waals surface area contributed by atoms with E-state index in [1.165, 1.54) is 6.08 Å². The van der Waals surface area contributed by atoms with E-state index in [0.717, 1.165) is 11.1 Å². The van der Waals surface area contributed by atoms with Crippen molar-refractivity contribution in [2.24, 2.45) is 0 Å². The Labute approximate surface area is 112 Å². The van der Waals surface area contributed by atoms with Crippen LogP contribution in [0.5, 0.6) is 0 Å². The molecule has 3 heteroatoms. The number of rotatable bonds is 3. The lowest BCUT2D eigenvalue weighted by Gasteiger charge is -2.03. The van der Waals surface area contributed by atoms with Gasteiger partial charge in [0, 0.05) is 17.5 Å². The van der Waals surface area contributed by atoms with Crippen molar-refractivity contribution in [3.05, 3.63) is 65.7 Å². The summed E-state index contributed by atoms with van der Waals surface area (Å²) in [5, 5.41) is 2.77. The minimum atomic E-state index is -0.172. The third-order valence-electron chi connectivity index (χ3n) is 2.76. The maximum absolute atomic E-state index is 11.8. The van der Waals surface area contributed by atoms with Crippen LogP contribution in [0, 0.1) is 6.92 Å². The molecule has 0 unspecified atom stereocenters. The molecular formula is C16H16N2O. The summed E-state index contributed by atoms with van der Waals surface area (Å²) in [5.74, 6) is -0.172.